The lowest BCUT2D eigenvalue weighted by molar-refractivity contribution is 0.469. The van der Waals surface area contributed by atoms with Crippen molar-refractivity contribution in [2.45, 2.75) is 19.8 Å². The molecule has 3 nitrogen and oxygen atoms in total. The Balaban J connectivity index is 2.92. The highest BCUT2D eigenvalue weighted by Gasteiger charge is 2.19. The topological polar surface area (TPSA) is 42.2 Å². The van der Waals surface area contributed by atoms with Crippen molar-refractivity contribution in [2.75, 3.05) is 0 Å². The summed E-state index contributed by atoms with van der Waals surface area (Å²) in [7, 11) is 1.72. The Bertz CT molecular complexity index is 683. The molecule has 3 heteroatoms. The number of para-hydroxylation sites is 1. The zero-order valence-electron chi connectivity index (χ0n) is 10.9. The van der Waals surface area contributed by atoms with Gasteiger partial charge in [-0.1, -0.05) is 31.2 Å². The third kappa shape index (κ3) is 1.72. The average molecular weight is 243 g/mol. The van der Waals surface area contributed by atoms with Crippen LogP contribution < -0.4 is 5.56 Å². The van der Waals surface area contributed by atoms with E-state index in [4.69, 9.17) is 0 Å². The van der Waals surface area contributed by atoms with Crippen molar-refractivity contribution >= 4 is 10.9 Å². The van der Waals surface area contributed by atoms with E-state index in [9.17, 15) is 9.90 Å². The maximum atomic E-state index is 12.3. The number of nitrogens with zero attached hydrogens (tertiary/aromatic N) is 1. The number of rotatable bonds is 2. The van der Waals surface area contributed by atoms with Gasteiger partial charge in [-0.3, -0.25) is 4.79 Å². The van der Waals surface area contributed by atoms with E-state index in [1.54, 1.807) is 11.6 Å². The molecule has 1 atom stereocenters. The molecule has 2 rings (SSSR count). The minimum atomic E-state index is -0.165. The lowest BCUT2D eigenvalue weighted by Gasteiger charge is -2.16. The second kappa shape index (κ2) is 4.33. The number of hydrogen-bond donors (Lipinski definition) is 1. The number of aryl methyl sites for hydroxylation is 1. The van der Waals surface area contributed by atoms with Crippen molar-refractivity contribution in [3.05, 3.63) is 52.3 Å². The molecule has 1 aromatic carbocycles. The van der Waals surface area contributed by atoms with Gasteiger partial charge in [0.1, 0.15) is 5.75 Å². The second-order valence-electron chi connectivity index (χ2n) is 4.71. The monoisotopic (exact) mass is 243 g/mol. The summed E-state index contributed by atoms with van der Waals surface area (Å²) in [6.07, 6.45) is 0. The van der Waals surface area contributed by atoms with E-state index < -0.39 is 0 Å². The second-order valence-corrected chi connectivity index (χ2v) is 4.71. The fourth-order valence-corrected chi connectivity index (χ4v) is 2.14. The van der Waals surface area contributed by atoms with Gasteiger partial charge in [0.05, 0.1) is 11.1 Å². The van der Waals surface area contributed by atoms with Crippen LogP contribution in [0.1, 0.15) is 25.3 Å². The first-order chi connectivity index (χ1) is 8.45. The number of aromatic nitrogens is 1. The van der Waals surface area contributed by atoms with Gasteiger partial charge in [-0.2, -0.15) is 0 Å². The van der Waals surface area contributed by atoms with Gasteiger partial charge in [-0.25, -0.2) is 0 Å². The molecule has 0 aliphatic rings. The van der Waals surface area contributed by atoms with Crippen LogP contribution in [-0.4, -0.2) is 9.67 Å². The van der Waals surface area contributed by atoms with Crippen LogP contribution in [0.3, 0.4) is 0 Å². The number of pyridine rings is 1. The first-order valence-corrected chi connectivity index (χ1v) is 5.91. The number of benzene rings is 1. The van der Waals surface area contributed by atoms with Gasteiger partial charge < -0.3 is 9.67 Å². The normalized spacial score (nSPS) is 12.6. The molecular formula is C15H17NO2. The highest BCUT2D eigenvalue weighted by atomic mass is 16.3. The first kappa shape index (κ1) is 12.4. The van der Waals surface area contributed by atoms with E-state index in [1.165, 1.54) is 0 Å². The molecule has 0 amide bonds. The number of hydrogen-bond acceptors (Lipinski definition) is 2. The summed E-state index contributed by atoms with van der Waals surface area (Å²) in [5.74, 6) is -0.0856. The number of fused-ring (bicyclic) bond motifs is 1. The zero-order valence-corrected chi connectivity index (χ0v) is 10.9. The molecular weight excluding hydrogens is 226 g/mol. The molecule has 0 spiro atoms. The van der Waals surface area contributed by atoms with Gasteiger partial charge >= 0.3 is 0 Å². The fraction of sp³-hybridized carbons (Fsp3) is 0.267. The summed E-state index contributed by atoms with van der Waals surface area (Å²) >= 11 is 0. The van der Waals surface area contributed by atoms with E-state index in [1.807, 2.05) is 38.1 Å². The van der Waals surface area contributed by atoms with Crippen LogP contribution in [0.15, 0.2) is 41.2 Å². The van der Waals surface area contributed by atoms with Gasteiger partial charge in [0.25, 0.3) is 5.56 Å². The standard InChI is InChI=1S/C15H17NO2/c1-9(2)10(3)13-14(17)11-7-5-6-8-12(11)16(4)15(13)18/h5-8,10,17H,1H2,2-4H3. The third-order valence-corrected chi connectivity index (χ3v) is 3.48. The van der Waals surface area contributed by atoms with Crippen LogP contribution in [0.4, 0.5) is 0 Å². The van der Waals surface area contributed by atoms with E-state index in [2.05, 4.69) is 6.58 Å². The molecule has 0 saturated carbocycles. The summed E-state index contributed by atoms with van der Waals surface area (Å²) in [5, 5.41) is 11.0. The fourth-order valence-electron chi connectivity index (χ4n) is 2.14. The van der Waals surface area contributed by atoms with Crippen LogP contribution in [0.2, 0.25) is 0 Å². The minimum Gasteiger partial charge on any atom is -0.507 e. The Morgan fingerprint density at radius 3 is 2.61 bits per heavy atom. The number of aromatic hydroxyl groups is 1. The van der Waals surface area contributed by atoms with E-state index in [-0.39, 0.29) is 17.2 Å². The summed E-state index contributed by atoms with van der Waals surface area (Å²) in [6, 6.07) is 7.34. The molecule has 1 aromatic heterocycles. The SMILES string of the molecule is C=C(C)C(C)c1c(O)c2ccccc2n(C)c1=O. The maximum absolute atomic E-state index is 12.3. The Morgan fingerprint density at radius 2 is 2.00 bits per heavy atom. The van der Waals surface area contributed by atoms with Gasteiger partial charge in [0.2, 0.25) is 0 Å². The average Bonchev–Trinajstić information content (AvgIpc) is 2.36. The van der Waals surface area contributed by atoms with Crippen LogP contribution >= 0.6 is 0 Å². The predicted molar refractivity (Wildman–Crippen MR) is 74.1 cm³/mol. The molecule has 0 radical (unpaired) electrons. The molecule has 1 N–H and O–H groups in total. The Morgan fingerprint density at radius 1 is 1.39 bits per heavy atom. The molecule has 2 aromatic rings. The predicted octanol–water partition coefficient (Wildman–Crippen LogP) is 2.92. The minimum absolute atomic E-state index is 0.0733. The highest BCUT2D eigenvalue weighted by molar-refractivity contribution is 5.86. The largest absolute Gasteiger partial charge is 0.507 e. The van der Waals surface area contributed by atoms with Crippen LogP contribution in [-0.2, 0) is 7.05 Å². The lowest BCUT2D eigenvalue weighted by Crippen LogP contribution is -2.23. The Labute approximate surface area is 106 Å². The van der Waals surface area contributed by atoms with Gasteiger partial charge in [-0.15, -0.1) is 0 Å². The van der Waals surface area contributed by atoms with Crippen LogP contribution in [0.5, 0.6) is 5.75 Å². The molecule has 94 valence electrons. The van der Waals surface area contributed by atoms with E-state index in [0.717, 1.165) is 11.1 Å². The molecule has 0 aliphatic heterocycles. The van der Waals surface area contributed by atoms with Crippen molar-refractivity contribution in [3.63, 3.8) is 0 Å². The molecule has 1 unspecified atom stereocenters. The quantitative estimate of drug-likeness (QED) is 0.824. The number of allylic oxidation sites excluding steroid dienone is 1. The van der Waals surface area contributed by atoms with Crippen molar-refractivity contribution in [1.29, 1.82) is 0 Å². The maximum Gasteiger partial charge on any atom is 0.258 e. The first-order valence-electron chi connectivity index (χ1n) is 5.91. The Hall–Kier alpha value is -2.03. The highest BCUT2D eigenvalue weighted by Crippen LogP contribution is 2.32. The smallest absolute Gasteiger partial charge is 0.258 e. The van der Waals surface area contributed by atoms with Crippen molar-refractivity contribution in [1.82, 2.24) is 4.57 Å². The van der Waals surface area contributed by atoms with Gasteiger partial charge in [-0.05, 0) is 19.1 Å². The summed E-state index contributed by atoms with van der Waals surface area (Å²) < 4.78 is 1.57. The van der Waals surface area contributed by atoms with Crippen molar-refractivity contribution in [3.8, 4) is 5.75 Å². The molecule has 0 saturated heterocycles. The van der Waals surface area contributed by atoms with Gasteiger partial charge in [0.15, 0.2) is 0 Å². The molecule has 0 fully saturated rings. The van der Waals surface area contributed by atoms with E-state index in [0.29, 0.717) is 10.9 Å². The van der Waals surface area contributed by atoms with E-state index >= 15 is 0 Å². The summed E-state index contributed by atoms with van der Waals surface area (Å²) in [5.41, 5.74) is 1.85. The van der Waals surface area contributed by atoms with Crippen LogP contribution in [0, 0.1) is 0 Å². The third-order valence-electron chi connectivity index (χ3n) is 3.48. The summed E-state index contributed by atoms with van der Waals surface area (Å²) in [6.45, 7) is 7.61. The molecule has 18 heavy (non-hydrogen) atoms. The van der Waals surface area contributed by atoms with Crippen LogP contribution in [0.25, 0.3) is 10.9 Å². The lowest BCUT2D eigenvalue weighted by atomic mass is 9.94. The van der Waals surface area contributed by atoms with Crippen molar-refractivity contribution < 1.29 is 5.11 Å². The van der Waals surface area contributed by atoms with Crippen molar-refractivity contribution in [2.24, 2.45) is 7.05 Å². The Kier molecular flexibility index (Phi) is 2.99. The molecule has 1 heterocycles. The summed E-state index contributed by atoms with van der Waals surface area (Å²) in [4.78, 5) is 12.3. The zero-order chi connectivity index (χ0) is 13.4. The molecule has 0 aliphatic carbocycles. The molecule has 0 bridgehead atoms. The van der Waals surface area contributed by atoms with Gasteiger partial charge in [0, 0.05) is 18.4 Å².